The maximum Gasteiger partial charge on any atom is 0.294 e. The molecule has 3 aromatic heterocycles. The topological polar surface area (TPSA) is 102 Å². The van der Waals surface area contributed by atoms with E-state index in [0.717, 1.165) is 28.9 Å². The molecular weight excluding hydrogens is 478 g/mol. The van der Waals surface area contributed by atoms with Crippen molar-refractivity contribution in [3.8, 4) is 17.0 Å². The summed E-state index contributed by atoms with van der Waals surface area (Å²) in [6, 6.07) is 7.21. The van der Waals surface area contributed by atoms with Gasteiger partial charge in [0.15, 0.2) is 0 Å². The number of aryl methyl sites for hydroxylation is 2. The average molecular weight is 510 g/mol. The molecule has 0 atom stereocenters. The smallest absolute Gasteiger partial charge is 0.294 e. The van der Waals surface area contributed by atoms with Crippen molar-refractivity contribution in [2.24, 2.45) is 7.05 Å². The number of hydrogen-bond donors (Lipinski definition) is 1. The lowest BCUT2D eigenvalue weighted by Crippen LogP contribution is -2.28. The van der Waals surface area contributed by atoms with E-state index in [1.165, 1.54) is 22.9 Å². The van der Waals surface area contributed by atoms with Crippen molar-refractivity contribution in [2.45, 2.75) is 13.8 Å². The Morgan fingerprint density at radius 3 is 2.61 bits per heavy atom. The molecule has 0 amide bonds. The van der Waals surface area contributed by atoms with Crippen LogP contribution in [0.1, 0.15) is 10.6 Å². The van der Waals surface area contributed by atoms with E-state index in [-0.39, 0.29) is 10.6 Å². The van der Waals surface area contributed by atoms with Gasteiger partial charge in [0, 0.05) is 67.0 Å². The molecule has 11 heteroatoms. The van der Waals surface area contributed by atoms with Gasteiger partial charge in [-0.1, -0.05) is 0 Å². The molecule has 0 unspecified atom stereocenters. The molecule has 1 N–H and O–H groups in total. The number of hydrogen-bond acceptors (Lipinski definition) is 9. The Balaban J connectivity index is 1.72. The highest BCUT2D eigenvalue weighted by molar-refractivity contribution is 7.18. The van der Waals surface area contributed by atoms with Gasteiger partial charge in [0.1, 0.15) is 16.3 Å². The van der Waals surface area contributed by atoms with E-state index in [0.29, 0.717) is 29.6 Å². The van der Waals surface area contributed by atoms with E-state index in [9.17, 15) is 10.1 Å². The van der Waals surface area contributed by atoms with Gasteiger partial charge in [0.2, 0.25) is 5.95 Å². The minimum absolute atomic E-state index is 0.0231. The van der Waals surface area contributed by atoms with E-state index in [1.807, 2.05) is 37.0 Å². The zero-order chi connectivity index (χ0) is 26.1. The number of thiophene rings is 1. The van der Waals surface area contributed by atoms with Crippen molar-refractivity contribution in [1.82, 2.24) is 19.4 Å². The molecule has 0 saturated carbocycles. The number of fused-ring (bicyclic) bond motifs is 1. The summed E-state index contributed by atoms with van der Waals surface area (Å²) in [5, 5.41) is 16.2. The minimum Gasteiger partial charge on any atom is -0.494 e. The zero-order valence-corrected chi connectivity index (χ0v) is 22.4. The van der Waals surface area contributed by atoms with Crippen molar-refractivity contribution in [3.05, 3.63) is 51.1 Å². The summed E-state index contributed by atoms with van der Waals surface area (Å²) in [5.74, 6) is 0.796. The Hall–Kier alpha value is -3.70. The number of nitro groups is 1. The molecule has 0 fully saturated rings. The normalized spacial score (nSPS) is 11.3. The summed E-state index contributed by atoms with van der Waals surface area (Å²) in [5.41, 5.74) is 3.82. The third-order valence-electron chi connectivity index (χ3n) is 6.22. The number of methoxy groups -OCH3 is 1. The van der Waals surface area contributed by atoms with Crippen molar-refractivity contribution in [3.63, 3.8) is 0 Å². The second kappa shape index (κ2) is 10.1. The van der Waals surface area contributed by atoms with Crippen LogP contribution in [-0.4, -0.2) is 65.7 Å². The summed E-state index contributed by atoms with van der Waals surface area (Å²) in [4.78, 5) is 27.0. The second-order valence-electron chi connectivity index (χ2n) is 9.01. The third kappa shape index (κ3) is 4.84. The Morgan fingerprint density at radius 1 is 1.19 bits per heavy atom. The molecule has 0 radical (unpaired) electrons. The van der Waals surface area contributed by atoms with Crippen LogP contribution >= 0.6 is 11.3 Å². The molecule has 0 spiro atoms. The molecular formula is C25H31N7O3S. The fourth-order valence-corrected chi connectivity index (χ4v) is 5.22. The first kappa shape index (κ1) is 25.4. The van der Waals surface area contributed by atoms with E-state index in [1.54, 1.807) is 23.6 Å². The molecule has 0 aliphatic rings. The number of nitro benzene ring substituents is 1. The average Bonchev–Trinajstić information content (AvgIpc) is 3.32. The molecule has 4 aromatic rings. The van der Waals surface area contributed by atoms with Crippen LogP contribution in [-0.2, 0) is 7.05 Å². The number of benzene rings is 1. The third-order valence-corrected chi connectivity index (χ3v) is 7.35. The van der Waals surface area contributed by atoms with Gasteiger partial charge in [-0.25, -0.2) is 9.97 Å². The quantitative estimate of drug-likeness (QED) is 0.249. The lowest BCUT2D eigenvalue weighted by atomic mass is 10.1. The van der Waals surface area contributed by atoms with E-state index >= 15 is 0 Å². The number of anilines is 3. The van der Waals surface area contributed by atoms with Gasteiger partial charge in [-0.3, -0.25) is 10.1 Å². The van der Waals surface area contributed by atoms with Crippen molar-refractivity contribution in [2.75, 3.05) is 51.6 Å². The Kier molecular flexibility index (Phi) is 7.14. The van der Waals surface area contributed by atoms with E-state index in [2.05, 4.69) is 41.8 Å². The largest absolute Gasteiger partial charge is 0.494 e. The summed E-state index contributed by atoms with van der Waals surface area (Å²) in [6.45, 7) is 5.55. The number of nitrogens with one attached hydrogen (secondary N) is 1. The fraction of sp³-hybridized carbons (Fsp3) is 0.360. The minimum atomic E-state index is -0.383. The highest BCUT2D eigenvalue weighted by atomic mass is 32.1. The van der Waals surface area contributed by atoms with Crippen LogP contribution in [0.4, 0.5) is 23.0 Å². The van der Waals surface area contributed by atoms with Crippen LogP contribution in [0.5, 0.6) is 5.75 Å². The van der Waals surface area contributed by atoms with Gasteiger partial charge in [0.25, 0.3) is 5.69 Å². The first-order chi connectivity index (χ1) is 17.1. The van der Waals surface area contributed by atoms with Crippen molar-refractivity contribution >= 4 is 44.6 Å². The number of ether oxygens (including phenoxy) is 1. The lowest BCUT2D eigenvalue weighted by molar-refractivity contribution is -0.384. The molecule has 1 aromatic carbocycles. The first-order valence-electron chi connectivity index (χ1n) is 11.5. The summed E-state index contributed by atoms with van der Waals surface area (Å²) in [7, 11) is 9.35. The first-order valence-corrected chi connectivity index (χ1v) is 12.3. The molecule has 4 rings (SSSR count). The van der Waals surface area contributed by atoms with Gasteiger partial charge in [-0.15, -0.1) is 11.3 Å². The summed E-state index contributed by atoms with van der Waals surface area (Å²) < 4.78 is 7.76. The van der Waals surface area contributed by atoms with Gasteiger partial charge < -0.3 is 24.4 Å². The molecule has 190 valence electrons. The molecule has 0 aliphatic carbocycles. The Bertz CT molecular complexity index is 1430. The van der Waals surface area contributed by atoms with Gasteiger partial charge in [-0.2, -0.15) is 0 Å². The monoisotopic (exact) mass is 509 g/mol. The molecule has 0 saturated heterocycles. The van der Waals surface area contributed by atoms with Crippen LogP contribution in [0.2, 0.25) is 0 Å². The van der Waals surface area contributed by atoms with Gasteiger partial charge in [0.05, 0.1) is 23.4 Å². The van der Waals surface area contributed by atoms with Crippen molar-refractivity contribution < 1.29 is 9.66 Å². The maximum absolute atomic E-state index is 11.9. The van der Waals surface area contributed by atoms with Crippen LogP contribution < -0.4 is 15.0 Å². The van der Waals surface area contributed by atoms with Crippen LogP contribution in [0.25, 0.3) is 21.5 Å². The molecule has 36 heavy (non-hydrogen) atoms. The lowest BCUT2D eigenvalue weighted by Gasteiger charge is -2.22. The Labute approximate surface area is 214 Å². The van der Waals surface area contributed by atoms with E-state index in [4.69, 9.17) is 9.72 Å². The highest BCUT2D eigenvalue weighted by Crippen LogP contribution is 2.40. The predicted molar refractivity (Wildman–Crippen MR) is 146 cm³/mol. The number of likely N-dealkylation sites (N-methyl/N-ethyl adjacent to an activating group) is 2. The summed E-state index contributed by atoms with van der Waals surface area (Å²) >= 11 is 1.75. The maximum atomic E-state index is 11.9. The molecule has 3 heterocycles. The Morgan fingerprint density at radius 2 is 1.94 bits per heavy atom. The van der Waals surface area contributed by atoms with E-state index < -0.39 is 0 Å². The summed E-state index contributed by atoms with van der Waals surface area (Å²) in [6.07, 6.45) is 1.69. The van der Waals surface area contributed by atoms with Gasteiger partial charge in [-0.05, 0) is 40.1 Å². The van der Waals surface area contributed by atoms with Crippen LogP contribution in [0.15, 0.2) is 30.5 Å². The molecule has 0 bridgehead atoms. The number of rotatable bonds is 9. The fourth-order valence-electron chi connectivity index (χ4n) is 4.19. The highest BCUT2D eigenvalue weighted by Gasteiger charge is 2.23. The van der Waals surface area contributed by atoms with Crippen molar-refractivity contribution in [1.29, 1.82) is 0 Å². The van der Waals surface area contributed by atoms with Gasteiger partial charge >= 0.3 is 0 Å². The second-order valence-corrected chi connectivity index (χ2v) is 10.2. The zero-order valence-electron chi connectivity index (χ0n) is 21.6. The van der Waals surface area contributed by atoms with Crippen LogP contribution in [0, 0.1) is 24.0 Å². The van der Waals surface area contributed by atoms with Crippen LogP contribution in [0.3, 0.4) is 0 Å². The number of nitrogens with zero attached hydrogens (tertiary/aromatic N) is 6. The molecule has 10 nitrogen and oxygen atoms in total. The SMILES string of the molecule is COc1cc(N(C)CCN(C)C)c([N+](=O)[O-])cc1Nc1nccc(-c2c(C)n(C)c3sc(C)cc23)n1. The molecule has 0 aliphatic heterocycles. The predicted octanol–water partition coefficient (Wildman–Crippen LogP) is 4.97. The standard InChI is InChI=1S/C25H31N7O3S/c1-15-12-17-23(16(2)31(6)24(17)36-15)18-8-9-26-25(27-18)28-19-13-21(32(33)34)20(14-22(19)35-7)30(5)11-10-29(3)4/h8-9,12-14H,10-11H2,1-7H3,(H,26,27,28). The number of aromatic nitrogens is 3.